The highest BCUT2D eigenvalue weighted by Crippen LogP contribution is 2.27. The van der Waals surface area contributed by atoms with Crippen LogP contribution < -0.4 is 5.32 Å². The Balaban J connectivity index is 3.08. The number of amides is 1. The van der Waals surface area contributed by atoms with Crippen molar-refractivity contribution in [1.29, 1.82) is 0 Å². The van der Waals surface area contributed by atoms with Gasteiger partial charge in [-0.15, -0.1) is 0 Å². The van der Waals surface area contributed by atoms with Crippen LogP contribution >= 0.6 is 27.5 Å². The summed E-state index contributed by atoms with van der Waals surface area (Å²) in [4.78, 5) is 11.6. The minimum atomic E-state index is -0.500. The molecule has 1 aromatic rings. The van der Waals surface area contributed by atoms with E-state index in [1.165, 1.54) is 6.07 Å². The van der Waals surface area contributed by atoms with Crippen LogP contribution in [0.15, 0.2) is 16.6 Å². The third kappa shape index (κ3) is 3.18. The molecule has 5 heteroatoms. The van der Waals surface area contributed by atoms with Crippen LogP contribution in [-0.2, 0) is 0 Å². The monoisotopic (exact) mass is 293 g/mol. The van der Waals surface area contributed by atoms with E-state index < -0.39 is 5.82 Å². The fourth-order valence-corrected chi connectivity index (χ4v) is 1.69. The van der Waals surface area contributed by atoms with Gasteiger partial charge < -0.3 is 5.32 Å². The minimum Gasteiger partial charge on any atom is -0.350 e. The van der Waals surface area contributed by atoms with Gasteiger partial charge in [0.25, 0.3) is 5.91 Å². The second-order valence-corrected chi connectivity index (χ2v) is 4.61. The van der Waals surface area contributed by atoms with Crippen LogP contribution in [0.2, 0.25) is 5.02 Å². The van der Waals surface area contributed by atoms with Gasteiger partial charge in [-0.1, -0.05) is 11.6 Å². The molecule has 0 aliphatic carbocycles. The summed E-state index contributed by atoms with van der Waals surface area (Å²) in [6.07, 6.45) is 0. The van der Waals surface area contributed by atoms with Gasteiger partial charge in [0.05, 0.1) is 10.6 Å². The van der Waals surface area contributed by atoms with E-state index in [0.717, 1.165) is 6.07 Å². The molecule has 1 rings (SSSR count). The fourth-order valence-electron chi connectivity index (χ4n) is 1.06. The Morgan fingerprint density at radius 3 is 2.67 bits per heavy atom. The van der Waals surface area contributed by atoms with Gasteiger partial charge in [-0.05, 0) is 41.9 Å². The third-order valence-electron chi connectivity index (χ3n) is 1.66. The number of hydrogen-bond donors (Lipinski definition) is 1. The number of halogens is 3. The SMILES string of the molecule is CC(C)NC(=O)c1cc(F)cc(Br)c1Cl. The first-order chi connectivity index (χ1) is 6.91. The first kappa shape index (κ1) is 12.5. The summed E-state index contributed by atoms with van der Waals surface area (Å²) in [5.41, 5.74) is 0.136. The van der Waals surface area contributed by atoms with Crippen molar-refractivity contribution in [3.63, 3.8) is 0 Å². The molecule has 1 amide bonds. The highest BCUT2D eigenvalue weighted by Gasteiger charge is 2.15. The summed E-state index contributed by atoms with van der Waals surface area (Å²) >= 11 is 8.95. The molecule has 0 saturated heterocycles. The van der Waals surface area contributed by atoms with Crippen molar-refractivity contribution >= 4 is 33.4 Å². The summed E-state index contributed by atoms with van der Waals surface area (Å²) in [6.45, 7) is 3.64. The smallest absolute Gasteiger partial charge is 0.253 e. The molecule has 1 N–H and O–H groups in total. The topological polar surface area (TPSA) is 29.1 Å². The van der Waals surface area contributed by atoms with Gasteiger partial charge in [-0.3, -0.25) is 4.79 Å². The molecule has 2 nitrogen and oxygen atoms in total. The molecule has 0 fully saturated rings. The summed E-state index contributed by atoms with van der Waals surface area (Å²) in [5.74, 6) is -0.879. The normalized spacial score (nSPS) is 10.5. The second-order valence-electron chi connectivity index (χ2n) is 3.38. The Bertz CT molecular complexity index is 395. The van der Waals surface area contributed by atoms with E-state index in [2.05, 4.69) is 21.2 Å². The van der Waals surface area contributed by atoms with Gasteiger partial charge in [-0.2, -0.15) is 0 Å². The van der Waals surface area contributed by atoms with Crippen molar-refractivity contribution in [1.82, 2.24) is 5.32 Å². The standard InChI is InChI=1S/C10H10BrClFNO/c1-5(2)14-10(15)7-3-6(13)4-8(11)9(7)12/h3-5H,1-2H3,(H,14,15). The zero-order valence-electron chi connectivity index (χ0n) is 8.27. The van der Waals surface area contributed by atoms with Crippen molar-refractivity contribution in [2.75, 3.05) is 0 Å². The Morgan fingerprint density at radius 1 is 1.53 bits per heavy atom. The van der Waals surface area contributed by atoms with Crippen LogP contribution in [0.5, 0.6) is 0 Å². The quantitative estimate of drug-likeness (QED) is 0.832. The number of nitrogens with one attached hydrogen (secondary N) is 1. The molecular formula is C10H10BrClFNO. The molecule has 0 heterocycles. The molecule has 15 heavy (non-hydrogen) atoms. The molecule has 0 saturated carbocycles. The lowest BCUT2D eigenvalue weighted by atomic mass is 10.2. The average molecular weight is 295 g/mol. The first-order valence-electron chi connectivity index (χ1n) is 4.37. The summed E-state index contributed by atoms with van der Waals surface area (Å²) < 4.78 is 13.4. The number of hydrogen-bond acceptors (Lipinski definition) is 1. The number of carbonyl (C=O) groups excluding carboxylic acids is 1. The van der Waals surface area contributed by atoms with E-state index in [4.69, 9.17) is 11.6 Å². The lowest BCUT2D eigenvalue weighted by Crippen LogP contribution is -2.30. The van der Waals surface area contributed by atoms with Gasteiger partial charge in [0.2, 0.25) is 0 Å². The highest BCUT2D eigenvalue weighted by atomic mass is 79.9. The van der Waals surface area contributed by atoms with E-state index in [-0.39, 0.29) is 22.5 Å². The van der Waals surface area contributed by atoms with Crippen LogP contribution in [0.4, 0.5) is 4.39 Å². The maximum atomic E-state index is 13.0. The lowest BCUT2D eigenvalue weighted by molar-refractivity contribution is 0.0942. The average Bonchev–Trinajstić information content (AvgIpc) is 2.09. The summed E-state index contributed by atoms with van der Waals surface area (Å²) in [7, 11) is 0. The third-order valence-corrected chi connectivity index (χ3v) is 2.92. The van der Waals surface area contributed by atoms with E-state index in [1.807, 2.05) is 13.8 Å². The fraction of sp³-hybridized carbons (Fsp3) is 0.300. The minimum absolute atomic E-state index is 0.0180. The zero-order chi connectivity index (χ0) is 11.6. The predicted octanol–water partition coefficient (Wildman–Crippen LogP) is 3.38. The molecular weight excluding hydrogens is 284 g/mol. The van der Waals surface area contributed by atoms with Crippen LogP contribution in [0, 0.1) is 5.82 Å². The first-order valence-corrected chi connectivity index (χ1v) is 5.54. The van der Waals surface area contributed by atoms with Crippen molar-refractivity contribution in [3.8, 4) is 0 Å². The highest BCUT2D eigenvalue weighted by molar-refractivity contribution is 9.10. The molecule has 0 atom stereocenters. The maximum Gasteiger partial charge on any atom is 0.253 e. The summed E-state index contributed by atoms with van der Waals surface area (Å²) in [5, 5.41) is 2.86. The Kier molecular flexibility index (Phi) is 4.11. The van der Waals surface area contributed by atoms with Crippen LogP contribution in [0.1, 0.15) is 24.2 Å². The lowest BCUT2D eigenvalue weighted by Gasteiger charge is -2.10. The van der Waals surface area contributed by atoms with Gasteiger partial charge in [-0.25, -0.2) is 4.39 Å². The molecule has 0 aliphatic heterocycles. The Hall–Kier alpha value is -0.610. The summed E-state index contributed by atoms with van der Waals surface area (Å²) in [6, 6.07) is 2.31. The van der Waals surface area contributed by atoms with Crippen molar-refractivity contribution in [3.05, 3.63) is 33.0 Å². The van der Waals surface area contributed by atoms with E-state index in [0.29, 0.717) is 4.47 Å². The van der Waals surface area contributed by atoms with Crippen molar-refractivity contribution in [2.24, 2.45) is 0 Å². The molecule has 82 valence electrons. The number of carbonyl (C=O) groups is 1. The predicted molar refractivity (Wildman–Crippen MR) is 61.7 cm³/mol. The van der Waals surface area contributed by atoms with E-state index in [9.17, 15) is 9.18 Å². The largest absolute Gasteiger partial charge is 0.350 e. The Morgan fingerprint density at radius 2 is 2.13 bits per heavy atom. The second kappa shape index (κ2) is 4.94. The van der Waals surface area contributed by atoms with Crippen LogP contribution in [0.25, 0.3) is 0 Å². The van der Waals surface area contributed by atoms with Crippen molar-refractivity contribution < 1.29 is 9.18 Å². The van der Waals surface area contributed by atoms with Gasteiger partial charge in [0, 0.05) is 10.5 Å². The number of benzene rings is 1. The molecule has 0 unspecified atom stereocenters. The van der Waals surface area contributed by atoms with E-state index in [1.54, 1.807) is 0 Å². The molecule has 0 aromatic heterocycles. The van der Waals surface area contributed by atoms with Gasteiger partial charge in [0.15, 0.2) is 0 Å². The molecule has 1 aromatic carbocycles. The molecule has 0 radical (unpaired) electrons. The maximum absolute atomic E-state index is 13.0. The molecule has 0 spiro atoms. The van der Waals surface area contributed by atoms with Crippen molar-refractivity contribution in [2.45, 2.75) is 19.9 Å². The van der Waals surface area contributed by atoms with Crippen LogP contribution in [-0.4, -0.2) is 11.9 Å². The molecule has 0 aliphatic rings. The molecule has 0 bridgehead atoms. The Labute approximate surface area is 101 Å². The van der Waals surface area contributed by atoms with Gasteiger partial charge in [0.1, 0.15) is 5.82 Å². The number of rotatable bonds is 2. The van der Waals surface area contributed by atoms with Crippen LogP contribution in [0.3, 0.4) is 0 Å². The van der Waals surface area contributed by atoms with Gasteiger partial charge >= 0.3 is 0 Å². The zero-order valence-corrected chi connectivity index (χ0v) is 10.6. The van der Waals surface area contributed by atoms with E-state index >= 15 is 0 Å².